The minimum Gasteiger partial charge on any atom is -0.397 e. The molecular weight excluding hydrogens is 354 g/mol. The fourth-order valence-corrected chi connectivity index (χ4v) is 2.01. The van der Waals surface area contributed by atoms with E-state index in [0.29, 0.717) is 10.7 Å². The number of rotatable bonds is 2. The maximum atomic E-state index is 12.5. The van der Waals surface area contributed by atoms with E-state index < -0.39 is 17.8 Å². The normalized spacial score (nSPS) is 11.2. The molecule has 0 bridgehead atoms. The number of carbonyl (C=O) groups excluding carboxylic acids is 1. The van der Waals surface area contributed by atoms with Crippen LogP contribution in [-0.4, -0.2) is 6.03 Å². The number of nitrogens with two attached hydrogens (primary N) is 1. The molecule has 122 valence electrons. The number of carbonyl (C=O) groups is 1. The van der Waals surface area contributed by atoms with E-state index in [9.17, 15) is 18.0 Å². The van der Waals surface area contributed by atoms with E-state index >= 15 is 0 Å². The minimum atomic E-state index is -4.50. The number of benzene rings is 2. The summed E-state index contributed by atoms with van der Waals surface area (Å²) in [6, 6.07) is 6.40. The Labute approximate surface area is 139 Å². The molecule has 2 aromatic rings. The second-order valence-corrected chi connectivity index (χ2v) is 5.32. The van der Waals surface area contributed by atoms with Crippen molar-refractivity contribution >= 4 is 46.3 Å². The maximum Gasteiger partial charge on any atom is 0.416 e. The van der Waals surface area contributed by atoms with E-state index in [-0.39, 0.29) is 16.4 Å². The van der Waals surface area contributed by atoms with E-state index in [1.54, 1.807) is 0 Å². The van der Waals surface area contributed by atoms with Gasteiger partial charge < -0.3 is 16.4 Å². The molecule has 0 heterocycles. The third-order valence-corrected chi connectivity index (χ3v) is 3.54. The van der Waals surface area contributed by atoms with Gasteiger partial charge in [-0.2, -0.15) is 13.2 Å². The molecule has 0 saturated heterocycles. The quantitative estimate of drug-likeness (QED) is 0.638. The Balaban J connectivity index is 2.09. The number of nitrogens with one attached hydrogen (secondary N) is 2. The smallest absolute Gasteiger partial charge is 0.397 e. The summed E-state index contributed by atoms with van der Waals surface area (Å²) in [5, 5.41) is 5.38. The van der Waals surface area contributed by atoms with Crippen LogP contribution in [0, 0.1) is 0 Å². The molecule has 0 saturated carbocycles. The number of anilines is 3. The first-order chi connectivity index (χ1) is 10.7. The summed E-state index contributed by atoms with van der Waals surface area (Å²) in [5.74, 6) is 0. The lowest BCUT2D eigenvalue weighted by Gasteiger charge is -2.12. The lowest BCUT2D eigenvalue weighted by Crippen LogP contribution is -2.20. The van der Waals surface area contributed by atoms with E-state index in [1.807, 2.05) is 0 Å². The molecule has 0 atom stereocenters. The molecular formula is C14H10Cl2F3N3O. The van der Waals surface area contributed by atoms with Gasteiger partial charge in [-0.25, -0.2) is 4.79 Å². The van der Waals surface area contributed by atoms with Crippen LogP contribution in [0.3, 0.4) is 0 Å². The van der Waals surface area contributed by atoms with E-state index in [0.717, 1.165) is 18.2 Å². The third-order valence-electron chi connectivity index (χ3n) is 2.80. The van der Waals surface area contributed by atoms with Gasteiger partial charge in [-0.05, 0) is 36.4 Å². The zero-order valence-electron chi connectivity index (χ0n) is 11.3. The van der Waals surface area contributed by atoms with Crippen LogP contribution in [-0.2, 0) is 6.18 Å². The summed E-state index contributed by atoms with van der Waals surface area (Å²) >= 11 is 11.6. The highest BCUT2D eigenvalue weighted by Crippen LogP contribution is 2.33. The Morgan fingerprint density at radius 3 is 2.26 bits per heavy atom. The van der Waals surface area contributed by atoms with Crippen LogP contribution in [0.25, 0.3) is 0 Å². The average Bonchev–Trinajstić information content (AvgIpc) is 2.44. The molecule has 0 unspecified atom stereocenters. The van der Waals surface area contributed by atoms with Crippen LogP contribution < -0.4 is 16.4 Å². The molecule has 2 rings (SSSR count). The Morgan fingerprint density at radius 1 is 1.00 bits per heavy atom. The number of nitrogen functional groups attached to an aromatic ring is 1. The molecule has 4 nitrogen and oxygen atoms in total. The number of urea groups is 1. The van der Waals surface area contributed by atoms with Crippen molar-refractivity contribution in [2.45, 2.75) is 6.18 Å². The fourth-order valence-electron chi connectivity index (χ4n) is 1.71. The summed E-state index contributed by atoms with van der Waals surface area (Å²) in [6.07, 6.45) is -4.50. The van der Waals surface area contributed by atoms with Crippen LogP contribution >= 0.6 is 23.2 Å². The number of hydrogen-bond donors (Lipinski definition) is 3. The molecule has 0 aromatic heterocycles. The molecule has 9 heteroatoms. The van der Waals surface area contributed by atoms with Gasteiger partial charge in [0.05, 0.1) is 27.0 Å². The zero-order chi connectivity index (χ0) is 17.2. The van der Waals surface area contributed by atoms with Crippen molar-refractivity contribution in [2.24, 2.45) is 0 Å². The number of alkyl halides is 3. The highest BCUT2D eigenvalue weighted by molar-refractivity contribution is 6.42. The molecule has 0 aliphatic carbocycles. The Morgan fingerprint density at radius 2 is 1.70 bits per heavy atom. The van der Waals surface area contributed by atoms with Crippen molar-refractivity contribution in [1.82, 2.24) is 0 Å². The van der Waals surface area contributed by atoms with Gasteiger partial charge in [0, 0.05) is 5.69 Å². The van der Waals surface area contributed by atoms with Gasteiger partial charge in [0.1, 0.15) is 0 Å². The van der Waals surface area contributed by atoms with Gasteiger partial charge in [-0.1, -0.05) is 23.2 Å². The van der Waals surface area contributed by atoms with Crippen LogP contribution in [0.4, 0.5) is 35.0 Å². The molecule has 4 N–H and O–H groups in total. The first-order valence-electron chi connectivity index (χ1n) is 6.16. The van der Waals surface area contributed by atoms with Gasteiger partial charge in [0.2, 0.25) is 0 Å². The van der Waals surface area contributed by atoms with Crippen molar-refractivity contribution in [3.05, 3.63) is 52.0 Å². The lowest BCUT2D eigenvalue weighted by molar-refractivity contribution is -0.137. The summed E-state index contributed by atoms with van der Waals surface area (Å²) in [5.41, 5.74) is 4.84. The standard InChI is InChI=1S/C14H10Cl2F3N3O/c15-9-3-2-8(6-10(9)16)21-13(23)22-12-4-1-7(5-11(12)20)14(17,18)19/h1-6H,20H2,(H2,21,22,23). The average molecular weight is 364 g/mol. The number of halogens is 5. The fraction of sp³-hybridized carbons (Fsp3) is 0.0714. The topological polar surface area (TPSA) is 67.1 Å². The molecule has 2 aromatic carbocycles. The highest BCUT2D eigenvalue weighted by atomic mass is 35.5. The lowest BCUT2D eigenvalue weighted by atomic mass is 10.1. The molecule has 0 spiro atoms. The second-order valence-electron chi connectivity index (χ2n) is 4.51. The third kappa shape index (κ3) is 4.43. The summed E-state index contributed by atoms with van der Waals surface area (Å²) in [7, 11) is 0. The molecule has 0 aliphatic heterocycles. The van der Waals surface area contributed by atoms with Crippen molar-refractivity contribution in [2.75, 3.05) is 16.4 Å². The molecule has 0 radical (unpaired) electrons. The Kier molecular flexibility index (Phi) is 4.91. The predicted octanol–water partition coefficient (Wildman–Crippen LogP) is 5.24. The van der Waals surface area contributed by atoms with E-state index in [1.165, 1.54) is 18.2 Å². The number of amides is 2. The van der Waals surface area contributed by atoms with Gasteiger partial charge in [-0.15, -0.1) is 0 Å². The monoisotopic (exact) mass is 363 g/mol. The van der Waals surface area contributed by atoms with Gasteiger partial charge in [0.25, 0.3) is 0 Å². The molecule has 0 fully saturated rings. The first-order valence-corrected chi connectivity index (χ1v) is 6.92. The van der Waals surface area contributed by atoms with Crippen LogP contribution in [0.5, 0.6) is 0 Å². The van der Waals surface area contributed by atoms with Crippen LogP contribution in [0.1, 0.15) is 5.56 Å². The van der Waals surface area contributed by atoms with E-state index in [4.69, 9.17) is 28.9 Å². The molecule has 2 amide bonds. The largest absolute Gasteiger partial charge is 0.416 e. The van der Waals surface area contributed by atoms with Crippen LogP contribution in [0.2, 0.25) is 10.0 Å². The second kappa shape index (κ2) is 6.55. The number of hydrogen-bond acceptors (Lipinski definition) is 2. The van der Waals surface area contributed by atoms with Gasteiger partial charge in [-0.3, -0.25) is 0 Å². The Hall–Kier alpha value is -2.12. The van der Waals surface area contributed by atoms with Crippen molar-refractivity contribution in [1.29, 1.82) is 0 Å². The van der Waals surface area contributed by atoms with Gasteiger partial charge in [0.15, 0.2) is 0 Å². The summed E-state index contributed by atoms with van der Waals surface area (Å²) in [4.78, 5) is 11.8. The predicted molar refractivity (Wildman–Crippen MR) is 85.0 cm³/mol. The van der Waals surface area contributed by atoms with Gasteiger partial charge >= 0.3 is 12.2 Å². The highest BCUT2D eigenvalue weighted by Gasteiger charge is 2.30. The molecule has 0 aliphatic rings. The van der Waals surface area contributed by atoms with Crippen molar-refractivity contribution in [3.8, 4) is 0 Å². The zero-order valence-corrected chi connectivity index (χ0v) is 12.9. The van der Waals surface area contributed by atoms with Crippen molar-refractivity contribution in [3.63, 3.8) is 0 Å². The Bertz CT molecular complexity index is 751. The molecule has 23 heavy (non-hydrogen) atoms. The summed E-state index contributed by atoms with van der Waals surface area (Å²) < 4.78 is 37.6. The van der Waals surface area contributed by atoms with Crippen molar-refractivity contribution < 1.29 is 18.0 Å². The van der Waals surface area contributed by atoms with E-state index in [2.05, 4.69) is 10.6 Å². The maximum absolute atomic E-state index is 12.5. The first kappa shape index (κ1) is 17.2. The summed E-state index contributed by atoms with van der Waals surface area (Å²) in [6.45, 7) is 0. The SMILES string of the molecule is Nc1cc(C(F)(F)F)ccc1NC(=O)Nc1ccc(Cl)c(Cl)c1. The van der Waals surface area contributed by atoms with Crippen LogP contribution in [0.15, 0.2) is 36.4 Å². The minimum absolute atomic E-state index is 0.0514.